The molecule has 2 unspecified atom stereocenters. The van der Waals surface area contributed by atoms with Crippen LogP contribution in [0.4, 0.5) is 4.39 Å². The van der Waals surface area contributed by atoms with E-state index in [1.165, 1.54) is 24.3 Å². The highest BCUT2D eigenvalue weighted by Gasteiger charge is 2.40. The predicted molar refractivity (Wildman–Crippen MR) is 91.8 cm³/mol. The molecule has 0 saturated heterocycles. The van der Waals surface area contributed by atoms with E-state index in [2.05, 4.69) is 0 Å². The van der Waals surface area contributed by atoms with E-state index in [9.17, 15) is 13.4 Å². The number of carbonyl (C=O) groups excluding carboxylic acids is 1. The average molecular weight is 373 g/mol. The third kappa shape index (κ3) is 4.40. The van der Waals surface area contributed by atoms with Gasteiger partial charge in [-0.3, -0.25) is 9.00 Å². The highest BCUT2D eigenvalue weighted by molar-refractivity contribution is 7.89. The van der Waals surface area contributed by atoms with Crippen molar-refractivity contribution in [3.8, 4) is 0 Å². The Morgan fingerprint density at radius 2 is 1.70 bits per heavy atom. The summed E-state index contributed by atoms with van der Waals surface area (Å²) in [5, 5.41) is 0. The predicted octanol–water partition coefficient (Wildman–Crippen LogP) is 4.97. The molecular weight excluding hydrogens is 358 g/mol. The van der Waals surface area contributed by atoms with Crippen LogP contribution in [0.5, 0.6) is 0 Å². The van der Waals surface area contributed by atoms with Crippen LogP contribution < -0.4 is 0 Å². The zero-order chi connectivity index (χ0) is 17.0. The van der Waals surface area contributed by atoms with Crippen LogP contribution in [0.15, 0.2) is 59.5 Å². The number of hydrogen-bond donors (Lipinski definition) is 0. The molecule has 122 valence electrons. The first-order valence-electron chi connectivity index (χ1n) is 6.96. The maximum atomic E-state index is 12.9. The van der Waals surface area contributed by atoms with Crippen LogP contribution in [0.1, 0.15) is 23.7 Å². The zero-order valence-electron chi connectivity index (χ0n) is 12.3. The van der Waals surface area contributed by atoms with Crippen molar-refractivity contribution >= 4 is 39.8 Å². The molecule has 0 N–H and O–H groups in total. The Morgan fingerprint density at radius 1 is 1.13 bits per heavy atom. The Labute approximate surface area is 147 Å². The molecule has 0 heterocycles. The summed E-state index contributed by atoms with van der Waals surface area (Å²) < 4.78 is 23.9. The number of alkyl halides is 2. The van der Waals surface area contributed by atoms with Crippen LogP contribution in [0.2, 0.25) is 0 Å². The van der Waals surface area contributed by atoms with Crippen LogP contribution in [0, 0.1) is 11.7 Å². The van der Waals surface area contributed by atoms with Crippen LogP contribution in [-0.4, -0.2) is 13.7 Å². The maximum absolute atomic E-state index is 12.9. The minimum Gasteiger partial charge on any atom is -0.294 e. The van der Waals surface area contributed by atoms with Crippen molar-refractivity contribution in [2.45, 2.75) is 21.9 Å². The lowest BCUT2D eigenvalue weighted by atomic mass is 10.0. The molecule has 0 bridgehead atoms. The highest BCUT2D eigenvalue weighted by atomic mass is 35.5. The number of hydrogen-bond acceptors (Lipinski definition) is 2. The molecule has 23 heavy (non-hydrogen) atoms. The molecule has 0 aromatic heterocycles. The summed E-state index contributed by atoms with van der Waals surface area (Å²) in [5.74, 6) is -1.19. The smallest absolute Gasteiger partial charge is 0.199 e. The highest BCUT2D eigenvalue weighted by Crippen LogP contribution is 2.39. The Morgan fingerprint density at radius 3 is 2.26 bits per heavy atom. The van der Waals surface area contributed by atoms with E-state index in [0.29, 0.717) is 10.5 Å². The SMILES string of the molecule is CC(CC(=O)c1ccc(F)cc1)C(Cl)(Cl)S(=O)c1ccccc1. The van der Waals surface area contributed by atoms with Crippen molar-refractivity contribution in [2.24, 2.45) is 5.92 Å². The van der Waals surface area contributed by atoms with E-state index in [4.69, 9.17) is 23.2 Å². The van der Waals surface area contributed by atoms with Gasteiger partial charge in [0.15, 0.2) is 9.45 Å². The molecule has 2 nitrogen and oxygen atoms in total. The molecule has 0 aliphatic heterocycles. The summed E-state index contributed by atoms with van der Waals surface area (Å²) in [6.07, 6.45) is 0.0111. The zero-order valence-corrected chi connectivity index (χ0v) is 14.7. The third-order valence-corrected chi connectivity index (χ3v) is 6.62. The molecule has 0 spiro atoms. The number of ketones is 1. The second-order valence-corrected chi connectivity index (χ2v) is 8.67. The minimum atomic E-state index is -1.68. The van der Waals surface area contributed by atoms with Crippen molar-refractivity contribution in [3.05, 3.63) is 66.0 Å². The van der Waals surface area contributed by atoms with Gasteiger partial charge < -0.3 is 0 Å². The molecule has 2 aromatic rings. The average Bonchev–Trinajstić information content (AvgIpc) is 2.55. The normalized spacial score (nSPS) is 14.3. The second kappa shape index (κ2) is 7.56. The molecule has 0 saturated carbocycles. The maximum Gasteiger partial charge on any atom is 0.199 e. The van der Waals surface area contributed by atoms with E-state index in [-0.39, 0.29) is 12.2 Å². The van der Waals surface area contributed by atoms with Gasteiger partial charge in [0.05, 0.1) is 10.8 Å². The van der Waals surface area contributed by atoms with Gasteiger partial charge in [-0.1, -0.05) is 48.3 Å². The van der Waals surface area contributed by atoms with E-state index < -0.39 is 26.2 Å². The van der Waals surface area contributed by atoms with Crippen LogP contribution in [0.25, 0.3) is 0 Å². The minimum absolute atomic E-state index is 0.0111. The number of Topliss-reactive ketones (excluding diaryl/α,β-unsaturated/α-hetero) is 1. The van der Waals surface area contributed by atoms with Gasteiger partial charge in [0.1, 0.15) is 5.82 Å². The molecule has 0 fully saturated rings. The first kappa shape index (κ1) is 18.1. The molecule has 2 atom stereocenters. The van der Waals surface area contributed by atoms with Crippen molar-refractivity contribution in [2.75, 3.05) is 0 Å². The fourth-order valence-electron chi connectivity index (χ4n) is 2.03. The summed E-state index contributed by atoms with van der Waals surface area (Å²) in [4.78, 5) is 12.7. The van der Waals surface area contributed by atoms with Crippen molar-refractivity contribution in [1.82, 2.24) is 0 Å². The quantitative estimate of drug-likeness (QED) is 0.529. The molecular formula is C17H15Cl2FO2S. The topological polar surface area (TPSA) is 34.1 Å². The van der Waals surface area contributed by atoms with Gasteiger partial charge in [-0.2, -0.15) is 0 Å². The molecule has 0 aliphatic carbocycles. The standard InChI is InChI=1S/C17H15Cl2FO2S/c1-12(11-16(21)13-7-9-14(20)10-8-13)17(18,19)23(22)15-5-3-2-4-6-15/h2-10,12H,11H2,1H3. The molecule has 2 aromatic carbocycles. The Bertz CT molecular complexity index is 702. The van der Waals surface area contributed by atoms with Crippen molar-refractivity contribution < 1.29 is 13.4 Å². The fraction of sp³-hybridized carbons (Fsp3) is 0.235. The second-order valence-electron chi connectivity index (χ2n) is 5.18. The molecule has 6 heteroatoms. The lowest BCUT2D eigenvalue weighted by Gasteiger charge is -2.25. The fourth-order valence-corrected chi connectivity index (χ4v) is 3.89. The summed E-state index contributed by atoms with van der Waals surface area (Å²) in [6, 6.07) is 13.9. The van der Waals surface area contributed by atoms with E-state index in [1.807, 2.05) is 0 Å². The van der Waals surface area contributed by atoms with Gasteiger partial charge >= 0.3 is 0 Å². The Kier molecular flexibility index (Phi) is 5.95. The number of benzene rings is 2. The van der Waals surface area contributed by atoms with Crippen molar-refractivity contribution in [3.63, 3.8) is 0 Å². The summed E-state index contributed by atoms with van der Waals surface area (Å²) in [5.41, 5.74) is 0.368. The lowest BCUT2D eigenvalue weighted by Crippen LogP contribution is -2.30. The Hall–Kier alpha value is -1.23. The van der Waals surface area contributed by atoms with Gasteiger partial charge in [0.2, 0.25) is 0 Å². The Balaban J connectivity index is 2.12. The third-order valence-electron chi connectivity index (χ3n) is 3.44. The number of halogens is 3. The molecule has 0 radical (unpaired) electrons. The number of rotatable bonds is 6. The van der Waals surface area contributed by atoms with E-state index in [0.717, 1.165) is 0 Å². The van der Waals surface area contributed by atoms with Gasteiger partial charge in [-0.05, 0) is 36.4 Å². The summed E-state index contributed by atoms with van der Waals surface area (Å²) in [6.45, 7) is 1.67. The first-order valence-corrected chi connectivity index (χ1v) is 8.86. The van der Waals surface area contributed by atoms with Gasteiger partial charge in [0, 0.05) is 22.8 Å². The van der Waals surface area contributed by atoms with Crippen LogP contribution >= 0.6 is 23.2 Å². The van der Waals surface area contributed by atoms with E-state index >= 15 is 0 Å². The summed E-state index contributed by atoms with van der Waals surface area (Å²) in [7, 11) is -1.68. The first-order chi connectivity index (χ1) is 10.8. The summed E-state index contributed by atoms with van der Waals surface area (Å²) >= 11 is 12.6. The van der Waals surface area contributed by atoms with Gasteiger partial charge in [0.25, 0.3) is 0 Å². The number of carbonyl (C=O) groups is 1. The molecule has 0 amide bonds. The monoisotopic (exact) mass is 372 g/mol. The largest absolute Gasteiger partial charge is 0.294 e. The van der Waals surface area contributed by atoms with Gasteiger partial charge in [-0.15, -0.1) is 0 Å². The molecule has 0 aliphatic rings. The van der Waals surface area contributed by atoms with Gasteiger partial charge in [-0.25, -0.2) is 4.39 Å². The van der Waals surface area contributed by atoms with Crippen LogP contribution in [0.3, 0.4) is 0 Å². The molecule has 2 rings (SSSR count). The van der Waals surface area contributed by atoms with Crippen LogP contribution in [-0.2, 0) is 10.8 Å². The lowest BCUT2D eigenvalue weighted by molar-refractivity contribution is 0.0965. The van der Waals surface area contributed by atoms with E-state index in [1.54, 1.807) is 37.3 Å². The van der Waals surface area contributed by atoms with Crippen molar-refractivity contribution in [1.29, 1.82) is 0 Å².